The summed E-state index contributed by atoms with van der Waals surface area (Å²) in [5, 5.41) is 0. The van der Waals surface area contributed by atoms with Crippen LogP contribution in [0.15, 0.2) is 0 Å². The summed E-state index contributed by atoms with van der Waals surface area (Å²) in [6.07, 6.45) is 1.04. The van der Waals surface area contributed by atoms with Crippen LogP contribution in [0.2, 0.25) is 0 Å². The number of rotatable bonds is 1. The molecule has 1 aliphatic heterocycles. The molecule has 0 aliphatic carbocycles. The molecule has 7 heavy (non-hydrogen) atoms. The Labute approximate surface area is 44.3 Å². The fraction of sp³-hybridized carbons (Fsp3) is 0.800. The Balaban J connectivity index is 2.14. The lowest BCUT2D eigenvalue weighted by Crippen LogP contribution is -2.21. The van der Waals surface area contributed by atoms with Gasteiger partial charge < -0.3 is 0 Å². The number of hydrogen-bond acceptors (Lipinski definition) is 2. The second-order valence-corrected chi connectivity index (χ2v) is 1.92. The van der Waals surface area contributed by atoms with E-state index in [2.05, 4.69) is 17.8 Å². The first kappa shape index (κ1) is 5.06. The number of hydrogen-bond donors (Lipinski definition) is 2. The predicted molar refractivity (Wildman–Crippen MR) is 29.5 cm³/mol. The summed E-state index contributed by atoms with van der Waals surface area (Å²) in [6, 6.07) is 0. The summed E-state index contributed by atoms with van der Waals surface area (Å²) < 4.78 is 0. The van der Waals surface area contributed by atoms with Crippen molar-refractivity contribution in [1.82, 2.24) is 10.9 Å². The van der Waals surface area contributed by atoms with E-state index in [0.717, 1.165) is 25.4 Å². The fourth-order valence-corrected chi connectivity index (χ4v) is 0.709. The molecule has 0 atom stereocenters. The molecule has 0 aromatic rings. The summed E-state index contributed by atoms with van der Waals surface area (Å²) in [6.45, 7) is 5.96. The molecule has 2 heteroatoms. The minimum atomic E-state index is 0.764. The Bertz CT molecular complexity index is 48.0. The second kappa shape index (κ2) is 2.28. The molecule has 0 unspecified atom stereocenters. The fourth-order valence-electron chi connectivity index (χ4n) is 0.709. The quantitative estimate of drug-likeness (QED) is 0.481. The van der Waals surface area contributed by atoms with Gasteiger partial charge in [0.1, 0.15) is 0 Å². The van der Waals surface area contributed by atoms with E-state index in [4.69, 9.17) is 0 Å². The van der Waals surface area contributed by atoms with Crippen LogP contribution in [0.1, 0.15) is 6.42 Å². The Kier molecular flexibility index (Phi) is 1.65. The molecule has 0 bridgehead atoms. The van der Waals surface area contributed by atoms with E-state index >= 15 is 0 Å². The van der Waals surface area contributed by atoms with Crippen LogP contribution in [0.4, 0.5) is 0 Å². The van der Waals surface area contributed by atoms with Crippen LogP contribution in [-0.2, 0) is 0 Å². The van der Waals surface area contributed by atoms with Gasteiger partial charge in [-0.3, -0.25) is 10.9 Å². The van der Waals surface area contributed by atoms with Gasteiger partial charge in [-0.15, -0.1) is 0 Å². The molecule has 2 nitrogen and oxygen atoms in total. The average Bonchev–Trinajstić information content (AvgIpc) is 2.14. The van der Waals surface area contributed by atoms with Crippen molar-refractivity contribution >= 4 is 0 Å². The van der Waals surface area contributed by atoms with E-state index < -0.39 is 0 Å². The van der Waals surface area contributed by atoms with Crippen LogP contribution in [0.25, 0.3) is 0 Å². The van der Waals surface area contributed by atoms with Crippen molar-refractivity contribution in [2.24, 2.45) is 5.92 Å². The molecule has 1 heterocycles. The Hall–Kier alpha value is -0.0800. The molecule has 0 aromatic heterocycles. The third-order valence-corrected chi connectivity index (χ3v) is 1.31. The van der Waals surface area contributed by atoms with Crippen LogP contribution in [0.3, 0.4) is 0 Å². The van der Waals surface area contributed by atoms with Crippen molar-refractivity contribution in [1.29, 1.82) is 0 Å². The van der Waals surface area contributed by atoms with Crippen LogP contribution >= 0.6 is 0 Å². The number of hydrazine groups is 1. The third kappa shape index (κ3) is 1.14. The highest BCUT2D eigenvalue weighted by Gasteiger charge is 2.09. The molecule has 1 radical (unpaired) electrons. The zero-order chi connectivity index (χ0) is 5.11. The SMILES string of the molecule is [CH2]CC1CNNC1. The summed E-state index contributed by atoms with van der Waals surface area (Å²) >= 11 is 0. The Morgan fingerprint density at radius 3 is 2.29 bits per heavy atom. The molecule has 1 aliphatic rings. The molecule has 0 aromatic carbocycles. The maximum Gasteiger partial charge on any atom is 0.0141 e. The molecular weight excluding hydrogens is 88.1 g/mol. The van der Waals surface area contributed by atoms with E-state index in [1.165, 1.54) is 0 Å². The zero-order valence-corrected chi connectivity index (χ0v) is 4.41. The van der Waals surface area contributed by atoms with Crippen molar-refractivity contribution in [3.05, 3.63) is 6.92 Å². The summed E-state index contributed by atoms with van der Waals surface area (Å²) in [4.78, 5) is 0. The summed E-state index contributed by atoms with van der Waals surface area (Å²) in [5.74, 6) is 0.764. The minimum Gasteiger partial charge on any atom is -0.258 e. The van der Waals surface area contributed by atoms with Gasteiger partial charge in [-0.1, -0.05) is 6.92 Å². The van der Waals surface area contributed by atoms with Crippen LogP contribution in [-0.4, -0.2) is 13.1 Å². The lowest BCUT2D eigenvalue weighted by Gasteiger charge is -1.97. The van der Waals surface area contributed by atoms with Gasteiger partial charge >= 0.3 is 0 Å². The van der Waals surface area contributed by atoms with E-state index in [1.807, 2.05) is 0 Å². The molecule has 1 rings (SSSR count). The Morgan fingerprint density at radius 2 is 2.00 bits per heavy atom. The van der Waals surface area contributed by atoms with Gasteiger partial charge in [0.15, 0.2) is 0 Å². The maximum absolute atomic E-state index is 3.79. The maximum atomic E-state index is 3.79. The van der Waals surface area contributed by atoms with Crippen LogP contribution < -0.4 is 10.9 Å². The van der Waals surface area contributed by atoms with Crippen molar-refractivity contribution in [3.63, 3.8) is 0 Å². The second-order valence-electron chi connectivity index (χ2n) is 1.92. The van der Waals surface area contributed by atoms with Crippen molar-refractivity contribution in [3.8, 4) is 0 Å². The topological polar surface area (TPSA) is 24.1 Å². The normalized spacial score (nSPS) is 23.6. The molecular formula is C5H11N2. The molecule has 0 amide bonds. The monoisotopic (exact) mass is 99.1 g/mol. The highest BCUT2D eigenvalue weighted by atomic mass is 15.4. The van der Waals surface area contributed by atoms with E-state index in [1.54, 1.807) is 0 Å². The zero-order valence-electron chi connectivity index (χ0n) is 4.41. The van der Waals surface area contributed by atoms with E-state index in [-0.39, 0.29) is 0 Å². The van der Waals surface area contributed by atoms with Gasteiger partial charge in [-0.05, 0) is 12.3 Å². The lowest BCUT2D eigenvalue weighted by atomic mass is 10.1. The van der Waals surface area contributed by atoms with Crippen LogP contribution in [0, 0.1) is 12.8 Å². The van der Waals surface area contributed by atoms with Crippen LogP contribution in [0.5, 0.6) is 0 Å². The Morgan fingerprint density at radius 1 is 1.43 bits per heavy atom. The highest BCUT2D eigenvalue weighted by Crippen LogP contribution is 2.00. The van der Waals surface area contributed by atoms with Gasteiger partial charge in [-0.25, -0.2) is 0 Å². The molecule has 0 saturated carbocycles. The standard InChI is InChI=1S/C5H11N2/c1-2-5-3-6-7-4-5/h5-7H,1-4H2. The molecule has 41 valence electrons. The van der Waals surface area contributed by atoms with Gasteiger partial charge in [0.2, 0.25) is 0 Å². The first-order valence-electron chi connectivity index (χ1n) is 2.68. The van der Waals surface area contributed by atoms with Gasteiger partial charge in [0.25, 0.3) is 0 Å². The molecule has 1 saturated heterocycles. The number of nitrogens with one attached hydrogen (secondary N) is 2. The van der Waals surface area contributed by atoms with E-state index in [0.29, 0.717) is 0 Å². The van der Waals surface area contributed by atoms with Crippen molar-refractivity contribution in [2.75, 3.05) is 13.1 Å². The van der Waals surface area contributed by atoms with Crippen molar-refractivity contribution in [2.45, 2.75) is 6.42 Å². The average molecular weight is 99.2 g/mol. The summed E-state index contributed by atoms with van der Waals surface area (Å²) in [5.41, 5.74) is 6.07. The van der Waals surface area contributed by atoms with Gasteiger partial charge in [0.05, 0.1) is 0 Å². The third-order valence-electron chi connectivity index (χ3n) is 1.31. The lowest BCUT2D eigenvalue weighted by molar-refractivity contribution is 0.620. The van der Waals surface area contributed by atoms with Gasteiger partial charge in [-0.2, -0.15) is 0 Å². The molecule has 1 fully saturated rings. The predicted octanol–water partition coefficient (Wildman–Crippen LogP) is -0.0654. The minimum absolute atomic E-state index is 0.764. The molecule has 2 N–H and O–H groups in total. The highest BCUT2D eigenvalue weighted by molar-refractivity contribution is 4.69. The molecule has 0 spiro atoms. The van der Waals surface area contributed by atoms with Gasteiger partial charge in [0, 0.05) is 13.1 Å². The van der Waals surface area contributed by atoms with E-state index in [9.17, 15) is 0 Å². The summed E-state index contributed by atoms with van der Waals surface area (Å²) in [7, 11) is 0. The first-order valence-corrected chi connectivity index (χ1v) is 2.68. The van der Waals surface area contributed by atoms with Crippen molar-refractivity contribution < 1.29 is 0 Å². The smallest absolute Gasteiger partial charge is 0.0141 e. The first-order chi connectivity index (χ1) is 3.43. The largest absolute Gasteiger partial charge is 0.258 e.